The highest BCUT2D eigenvalue weighted by molar-refractivity contribution is 7.89. The van der Waals surface area contributed by atoms with Crippen molar-refractivity contribution in [1.29, 1.82) is 0 Å². The maximum Gasteiger partial charge on any atom is 0.289 e. The Kier molecular flexibility index (Phi) is 4.58. The zero-order valence-electron chi connectivity index (χ0n) is 14.5. The van der Waals surface area contributed by atoms with Crippen molar-refractivity contribution in [3.63, 3.8) is 0 Å². The van der Waals surface area contributed by atoms with Crippen LogP contribution in [0.25, 0.3) is 0 Å². The van der Waals surface area contributed by atoms with Gasteiger partial charge in [-0.25, -0.2) is 8.42 Å². The summed E-state index contributed by atoms with van der Waals surface area (Å²) in [5, 5.41) is 11.2. The molecule has 0 amide bonds. The Bertz CT molecular complexity index is 831. The average molecular weight is 377 g/mol. The van der Waals surface area contributed by atoms with E-state index in [1.54, 1.807) is 0 Å². The molecule has 1 saturated heterocycles. The van der Waals surface area contributed by atoms with Gasteiger partial charge < -0.3 is 4.90 Å². The molecule has 2 bridgehead atoms. The van der Waals surface area contributed by atoms with E-state index in [0.29, 0.717) is 38.0 Å². The summed E-state index contributed by atoms with van der Waals surface area (Å²) in [6.07, 6.45) is 7.19. The number of sulfonamides is 1. The molecule has 26 heavy (non-hydrogen) atoms. The lowest BCUT2D eigenvalue weighted by Gasteiger charge is -2.36. The summed E-state index contributed by atoms with van der Waals surface area (Å²) in [4.78, 5) is 12.7. The molecule has 3 atom stereocenters. The molecular weight excluding hydrogens is 354 g/mol. The molecular formula is C18H23N3O4S. The summed E-state index contributed by atoms with van der Waals surface area (Å²) in [6, 6.07) is 5.57. The molecule has 140 valence electrons. The second-order valence-electron chi connectivity index (χ2n) is 7.47. The normalized spacial score (nSPS) is 29.3. The molecule has 0 N–H and O–H groups in total. The minimum absolute atomic E-state index is 0.211. The molecule has 1 heterocycles. The van der Waals surface area contributed by atoms with E-state index >= 15 is 0 Å². The molecule has 2 fully saturated rings. The number of nitrogens with zero attached hydrogens (tertiary/aromatic N) is 3. The number of fused-ring (bicyclic) bond motifs is 2. The molecule has 8 heteroatoms. The van der Waals surface area contributed by atoms with Crippen LogP contribution in [0.1, 0.15) is 12.8 Å². The maximum atomic E-state index is 12.9. The van der Waals surface area contributed by atoms with Gasteiger partial charge >= 0.3 is 0 Å². The smallest absolute Gasteiger partial charge is 0.289 e. The number of hydrogen-bond donors (Lipinski definition) is 0. The van der Waals surface area contributed by atoms with Crippen LogP contribution in [-0.2, 0) is 10.0 Å². The van der Waals surface area contributed by atoms with Gasteiger partial charge in [-0.15, -0.1) is 0 Å². The third-order valence-electron chi connectivity index (χ3n) is 5.92. The molecule has 0 radical (unpaired) electrons. The first-order chi connectivity index (χ1) is 12.4. The number of benzene rings is 1. The van der Waals surface area contributed by atoms with Gasteiger partial charge in [0.25, 0.3) is 5.69 Å². The molecule has 1 aromatic rings. The molecule has 1 aliphatic heterocycles. The van der Waals surface area contributed by atoms with E-state index < -0.39 is 14.9 Å². The Labute approximate surface area is 153 Å². The molecule has 0 spiro atoms. The third kappa shape index (κ3) is 3.17. The second-order valence-corrected chi connectivity index (χ2v) is 9.38. The lowest BCUT2D eigenvalue weighted by Crippen LogP contribution is -2.50. The first kappa shape index (κ1) is 17.6. The van der Waals surface area contributed by atoms with Crippen molar-refractivity contribution in [2.75, 3.05) is 32.7 Å². The van der Waals surface area contributed by atoms with Gasteiger partial charge in [0, 0.05) is 38.8 Å². The molecule has 1 saturated carbocycles. The Balaban J connectivity index is 1.41. The number of para-hydroxylation sites is 1. The lowest BCUT2D eigenvalue weighted by molar-refractivity contribution is -0.387. The highest BCUT2D eigenvalue weighted by atomic mass is 32.2. The van der Waals surface area contributed by atoms with E-state index in [9.17, 15) is 18.5 Å². The fraction of sp³-hybridized carbons (Fsp3) is 0.556. The number of nitro benzene ring substituents is 1. The second kappa shape index (κ2) is 6.75. The van der Waals surface area contributed by atoms with E-state index in [1.807, 2.05) is 0 Å². The Morgan fingerprint density at radius 1 is 1.08 bits per heavy atom. The SMILES string of the molecule is O=[N+]([O-])c1ccccc1S(=O)(=O)N1CCN(C[C@H]2C[C@@H]3C=C[C@@H]2C3)CC1. The van der Waals surface area contributed by atoms with Crippen LogP contribution in [0.3, 0.4) is 0 Å². The molecule has 2 aliphatic carbocycles. The predicted molar refractivity (Wildman–Crippen MR) is 97.1 cm³/mol. The summed E-state index contributed by atoms with van der Waals surface area (Å²) < 4.78 is 27.1. The Morgan fingerprint density at radius 2 is 1.81 bits per heavy atom. The summed E-state index contributed by atoms with van der Waals surface area (Å²) in [5.41, 5.74) is -0.358. The van der Waals surface area contributed by atoms with Gasteiger partial charge in [-0.3, -0.25) is 10.1 Å². The summed E-state index contributed by atoms with van der Waals surface area (Å²) in [7, 11) is -3.84. The number of hydrogen-bond acceptors (Lipinski definition) is 5. The van der Waals surface area contributed by atoms with Crippen LogP contribution in [0.15, 0.2) is 41.3 Å². The quantitative estimate of drug-likeness (QED) is 0.446. The molecule has 1 aromatic carbocycles. The Morgan fingerprint density at radius 3 is 2.42 bits per heavy atom. The zero-order valence-corrected chi connectivity index (χ0v) is 15.3. The fourth-order valence-corrected chi connectivity index (χ4v) is 6.13. The zero-order chi connectivity index (χ0) is 18.3. The van der Waals surface area contributed by atoms with E-state index in [2.05, 4.69) is 17.1 Å². The predicted octanol–water partition coefficient (Wildman–Crippen LogP) is 2.11. The van der Waals surface area contributed by atoms with Gasteiger partial charge in [-0.05, 0) is 36.7 Å². The number of nitro groups is 1. The maximum absolute atomic E-state index is 12.9. The summed E-state index contributed by atoms with van der Waals surface area (Å²) in [6.45, 7) is 3.13. The highest BCUT2D eigenvalue weighted by Gasteiger charge is 2.38. The van der Waals surface area contributed by atoms with Crippen LogP contribution in [-0.4, -0.2) is 55.3 Å². The van der Waals surface area contributed by atoms with Gasteiger partial charge in [0.1, 0.15) is 0 Å². The van der Waals surface area contributed by atoms with Crippen molar-refractivity contribution < 1.29 is 13.3 Å². The average Bonchev–Trinajstić information content (AvgIpc) is 3.25. The summed E-state index contributed by atoms with van der Waals surface area (Å²) >= 11 is 0. The number of allylic oxidation sites excluding steroid dienone is 2. The minimum Gasteiger partial charge on any atom is -0.300 e. The van der Waals surface area contributed by atoms with Crippen LogP contribution in [0.4, 0.5) is 5.69 Å². The van der Waals surface area contributed by atoms with E-state index in [0.717, 1.165) is 12.5 Å². The van der Waals surface area contributed by atoms with Crippen molar-refractivity contribution in [2.24, 2.45) is 17.8 Å². The molecule has 0 aromatic heterocycles. The summed E-state index contributed by atoms with van der Waals surface area (Å²) in [5.74, 6) is 2.11. The molecule has 3 aliphatic rings. The van der Waals surface area contributed by atoms with E-state index in [4.69, 9.17) is 0 Å². The van der Waals surface area contributed by atoms with Crippen LogP contribution in [0, 0.1) is 27.9 Å². The topological polar surface area (TPSA) is 83.8 Å². The highest BCUT2D eigenvalue weighted by Crippen LogP contribution is 2.43. The van der Waals surface area contributed by atoms with Crippen LogP contribution >= 0.6 is 0 Å². The van der Waals surface area contributed by atoms with E-state index in [1.165, 1.54) is 41.4 Å². The molecule has 0 unspecified atom stereocenters. The standard InChI is InChI=1S/C18H23N3O4S/c22-21(23)17-3-1-2-4-18(17)26(24,25)20-9-7-19(8-10-20)13-16-12-14-5-6-15(16)11-14/h1-6,14-16H,7-13H2/t14-,15-,16-/m1/s1. The third-order valence-corrected chi connectivity index (χ3v) is 7.87. The number of rotatable bonds is 5. The van der Waals surface area contributed by atoms with Crippen molar-refractivity contribution in [3.8, 4) is 0 Å². The van der Waals surface area contributed by atoms with E-state index in [-0.39, 0.29) is 10.6 Å². The first-order valence-corrected chi connectivity index (χ1v) is 10.5. The fourth-order valence-electron chi connectivity index (χ4n) is 4.55. The molecule has 7 nitrogen and oxygen atoms in total. The van der Waals surface area contributed by atoms with Gasteiger partial charge in [0.05, 0.1) is 4.92 Å². The molecule has 4 rings (SSSR count). The van der Waals surface area contributed by atoms with Gasteiger partial charge in [0.15, 0.2) is 4.90 Å². The minimum atomic E-state index is -3.84. The van der Waals surface area contributed by atoms with Crippen LogP contribution in [0.5, 0.6) is 0 Å². The monoisotopic (exact) mass is 377 g/mol. The van der Waals surface area contributed by atoms with Gasteiger partial charge in [-0.2, -0.15) is 4.31 Å². The van der Waals surface area contributed by atoms with Crippen LogP contribution in [0.2, 0.25) is 0 Å². The van der Waals surface area contributed by atoms with Crippen molar-refractivity contribution in [1.82, 2.24) is 9.21 Å². The lowest BCUT2D eigenvalue weighted by atomic mass is 9.93. The largest absolute Gasteiger partial charge is 0.300 e. The van der Waals surface area contributed by atoms with Crippen molar-refractivity contribution in [3.05, 3.63) is 46.5 Å². The van der Waals surface area contributed by atoms with Crippen LogP contribution < -0.4 is 0 Å². The Hall–Kier alpha value is -1.77. The van der Waals surface area contributed by atoms with Gasteiger partial charge in [-0.1, -0.05) is 24.3 Å². The van der Waals surface area contributed by atoms with Crippen molar-refractivity contribution >= 4 is 15.7 Å². The number of piperazine rings is 1. The first-order valence-electron chi connectivity index (χ1n) is 9.09. The van der Waals surface area contributed by atoms with Gasteiger partial charge in [0.2, 0.25) is 10.0 Å². The van der Waals surface area contributed by atoms with Crippen molar-refractivity contribution in [2.45, 2.75) is 17.7 Å².